The summed E-state index contributed by atoms with van der Waals surface area (Å²) in [5.74, 6) is 0. The fourth-order valence-corrected chi connectivity index (χ4v) is 4.24. The van der Waals surface area contributed by atoms with Gasteiger partial charge in [0.2, 0.25) is 0 Å². The zero-order valence-corrected chi connectivity index (χ0v) is 18.3. The number of halogens is 1. The Morgan fingerprint density at radius 1 is 0.571 bits per heavy atom. The first kappa shape index (κ1) is 18.8. The third kappa shape index (κ3) is 3.57. The average Bonchev–Trinajstić information content (AvgIpc) is 2.65. The van der Waals surface area contributed by atoms with Crippen molar-refractivity contribution in [2.45, 2.75) is 27.7 Å². The summed E-state index contributed by atoms with van der Waals surface area (Å²) in [6.07, 6.45) is 0. The van der Waals surface area contributed by atoms with Crippen LogP contribution in [0.25, 0.3) is 10.8 Å². The van der Waals surface area contributed by atoms with Crippen LogP contribution in [0.15, 0.2) is 77.3 Å². The van der Waals surface area contributed by atoms with Gasteiger partial charge in [0.1, 0.15) is 0 Å². The van der Waals surface area contributed by atoms with Crippen LogP contribution in [0.3, 0.4) is 0 Å². The van der Waals surface area contributed by atoms with Crippen LogP contribution in [0.4, 0.5) is 17.1 Å². The van der Waals surface area contributed by atoms with Gasteiger partial charge in [-0.3, -0.25) is 0 Å². The molecule has 1 nitrogen and oxygen atoms in total. The zero-order valence-electron chi connectivity index (χ0n) is 16.8. The molecular formula is C26H24BrN. The quantitative estimate of drug-likeness (QED) is 0.316. The van der Waals surface area contributed by atoms with Crippen LogP contribution in [0.5, 0.6) is 0 Å². The van der Waals surface area contributed by atoms with Gasteiger partial charge in [0.15, 0.2) is 0 Å². The SMILES string of the molecule is Cc1ccc(N(c2ccc3cc(Br)ccc3c2)c2ccc(C)cc2C)c(C)c1. The number of aryl methyl sites for hydroxylation is 4. The summed E-state index contributed by atoms with van der Waals surface area (Å²) in [7, 11) is 0. The third-order valence-electron chi connectivity index (χ3n) is 5.23. The van der Waals surface area contributed by atoms with Crippen molar-refractivity contribution in [2.24, 2.45) is 0 Å². The van der Waals surface area contributed by atoms with E-state index in [1.807, 2.05) is 0 Å². The molecule has 0 unspecified atom stereocenters. The fraction of sp³-hybridized carbons (Fsp3) is 0.154. The topological polar surface area (TPSA) is 3.24 Å². The van der Waals surface area contributed by atoms with Crippen molar-refractivity contribution in [1.29, 1.82) is 0 Å². The molecule has 0 spiro atoms. The predicted molar refractivity (Wildman–Crippen MR) is 125 cm³/mol. The monoisotopic (exact) mass is 429 g/mol. The Morgan fingerprint density at radius 3 is 1.68 bits per heavy atom. The van der Waals surface area contributed by atoms with Gasteiger partial charge in [-0.25, -0.2) is 0 Å². The van der Waals surface area contributed by atoms with Crippen molar-refractivity contribution in [3.63, 3.8) is 0 Å². The second-order valence-corrected chi connectivity index (χ2v) is 8.51. The molecule has 0 aliphatic rings. The van der Waals surface area contributed by atoms with Crippen LogP contribution in [0.1, 0.15) is 22.3 Å². The van der Waals surface area contributed by atoms with Crippen molar-refractivity contribution in [3.8, 4) is 0 Å². The maximum atomic E-state index is 3.58. The number of benzene rings is 4. The van der Waals surface area contributed by atoms with Gasteiger partial charge in [-0.2, -0.15) is 0 Å². The van der Waals surface area contributed by atoms with E-state index in [1.54, 1.807) is 0 Å². The Bertz CT molecular complexity index is 1120. The number of rotatable bonds is 3. The second-order valence-electron chi connectivity index (χ2n) is 7.59. The molecule has 2 heteroatoms. The minimum absolute atomic E-state index is 1.10. The van der Waals surface area contributed by atoms with E-state index < -0.39 is 0 Å². The van der Waals surface area contributed by atoms with Gasteiger partial charge in [0.25, 0.3) is 0 Å². The van der Waals surface area contributed by atoms with Crippen LogP contribution >= 0.6 is 15.9 Å². The molecule has 0 heterocycles. The van der Waals surface area contributed by atoms with Crippen molar-refractivity contribution in [2.75, 3.05) is 4.90 Å². The minimum Gasteiger partial charge on any atom is -0.310 e. The summed E-state index contributed by atoms with van der Waals surface area (Å²) in [6.45, 7) is 8.67. The highest BCUT2D eigenvalue weighted by molar-refractivity contribution is 9.10. The van der Waals surface area contributed by atoms with E-state index in [1.165, 1.54) is 50.1 Å². The van der Waals surface area contributed by atoms with Crippen molar-refractivity contribution < 1.29 is 0 Å². The van der Waals surface area contributed by atoms with Gasteiger partial charge in [-0.1, -0.05) is 63.5 Å². The smallest absolute Gasteiger partial charge is 0.0491 e. The Morgan fingerprint density at radius 2 is 1.11 bits per heavy atom. The Labute approximate surface area is 175 Å². The molecular weight excluding hydrogens is 406 g/mol. The number of anilines is 3. The first-order valence-electron chi connectivity index (χ1n) is 9.56. The van der Waals surface area contributed by atoms with Gasteiger partial charge in [-0.15, -0.1) is 0 Å². The lowest BCUT2D eigenvalue weighted by atomic mass is 10.0. The van der Waals surface area contributed by atoms with E-state index in [0.717, 1.165) is 4.47 Å². The Balaban J connectivity index is 1.96. The molecule has 0 amide bonds. The number of hydrogen-bond donors (Lipinski definition) is 0. The molecule has 0 aliphatic carbocycles. The molecule has 0 atom stereocenters. The van der Waals surface area contributed by atoms with Gasteiger partial charge >= 0.3 is 0 Å². The molecule has 4 aromatic rings. The highest BCUT2D eigenvalue weighted by Crippen LogP contribution is 2.39. The lowest BCUT2D eigenvalue weighted by Crippen LogP contribution is -2.13. The Kier molecular flexibility index (Phi) is 4.99. The van der Waals surface area contributed by atoms with Crippen molar-refractivity contribution in [1.82, 2.24) is 0 Å². The summed E-state index contributed by atoms with van der Waals surface area (Å²) in [6, 6.07) is 26.5. The van der Waals surface area contributed by atoms with Gasteiger partial charge in [0.05, 0.1) is 0 Å². The van der Waals surface area contributed by atoms with E-state index in [9.17, 15) is 0 Å². The van der Waals surface area contributed by atoms with Gasteiger partial charge < -0.3 is 4.90 Å². The van der Waals surface area contributed by atoms with Crippen LogP contribution < -0.4 is 4.90 Å². The summed E-state index contributed by atoms with van der Waals surface area (Å²) in [4.78, 5) is 2.38. The van der Waals surface area contributed by atoms with E-state index in [2.05, 4.69) is 121 Å². The lowest BCUT2D eigenvalue weighted by Gasteiger charge is -2.29. The molecule has 4 aromatic carbocycles. The molecule has 0 N–H and O–H groups in total. The third-order valence-corrected chi connectivity index (χ3v) is 5.72. The molecule has 0 saturated carbocycles. The molecule has 0 bridgehead atoms. The van der Waals surface area contributed by atoms with Crippen LogP contribution in [0, 0.1) is 27.7 Å². The molecule has 0 radical (unpaired) electrons. The number of nitrogens with zero attached hydrogens (tertiary/aromatic N) is 1. The highest BCUT2D eigenvalue weighted by atomic mass is 79.9. The van der Waals surface area contributed by atoms with E-state index in [0.29, 0.717) is 0 Å². The number of hydrogen-bond acceptors (Lipinski definition) is 1. The van der Waals surface area contributed by atoms with Crippen LogP contribution in [-0.2, 0) is 0 Å². The zero-order chi connectivity index (χ0) is 19.8. The highest BCUT2D eigenvalue weighted by Gasteiger charge is 2.17. The van der Waals surface area contributed by atoms with Crippen LogP contribution in [-0.4, -0.2) is 0 Å². The molecule has 28 heavy (non-hydrogen) atoms. The first-order valence-corrected chi connectivity index (χ1v) is 10.4. The fourth-order valence-electron chi connectivity index (χ4n) is 3.86. The van der Waals surface area contributed by atoms with E-state index in [4.69, 9.17) is 0 Å². The van der Waals surface area contributed by atoms with Crippen molar-refractivity contribution in [3.05, 3.63) is 99.5 Å². The lowest BCUT2D eigenvalue weighted by molar-refractivity contribution is 1.21. The molecule has 0 aromatic heterocycles. The maximum absolute atomic E-state index is 3.58. The van der Waals surface area contributed by atoms with E-state index >= 15 is 0 Å². The molecule has 0 fully saturated rings. The molecule has 140 valence electrons. The summed E-state index contributed by atoms with van der Waals surface area (Å²) >= 11 is 3.58. The largest absolute Gasteiger partial charge is 0.310 e. The summed E-state index contributed by atoms with van der Waals surface area (Å²) < 4.78 is 1.10. The molecule has 0 aliphatic heterocycles. The summed E-state index contributed by atoms with van der Waals surface area (Å²) in [5.41, 5.74) is 8.72. The first-order chi connectivity index (χ1) is 13.4. The maximum Gasteiger partial charge on any atom is 0.0491 e. The Hall–Kier alpha value is -2.58. The van der Waals surface area contributed by atoms with Crippen molar-refractivity contribution >= 4 is 43.8 Å². The molecule has 0 saturated heterocycles. The average molecular weight is 430 g/mol. The second kappa shape index (κ2) is 7.44. The van der Waals surface area contributed by atoms with E-state index in [-0.39, 0.29) is 0 Å². The minimum atomic E-state index is 1.10. The molecule has 4 rings (SSSR count). The summed E-state index contributed by atoms with van der Waals surface area (Å²) in [5, 5.41) is 2.47. The van der Waals surface area contributed by atoms with Gasteiger partial charge in [0, 0.05) is 21.5 Å². The standard InChI is InChI=1S/C26H24BrN/c1-17-5-11-25(19(3)13-17)28(26-12-6-18(2)14-20(26)4)24-10-8-21-15-23(27)9-7-22(21)16-24/h5-16H,1-4H3. The normalized spacial score (nSPS) is 11.0. The number of fused-ring (bicyclic) bond motifs is 1. The predicted octanol–water partition coefficient (Wildman–Crippen LogP) is 8.31. The van der Waals surface area contributed by atoms with Crippen LogP contribution in [0.2, 0.25) is 0 Å². The van der Waals surface area contributed by atoms with Gasteiger partial charge in [-0.05, 0) is 86.0 Å².